The zero-order valence-corrected chi connectivity index (χ0v) is 14.6. The fourth-order valence-corrected chi connectivity index (χ4v) is 3.53. The first-order valence-corrected chi connectivity index (χ1v) is 8.62. The van der Waals surface area contributed by atoms with Crippen LogP contribution in [-0.4, -0.2) is 73.7 Å². The lowest BCUT2D eigenvalue weighted by atomic mass is 9.89. The highest BCUT2D eigenvalue weighted by atomic mass is 16.5. The molecule has 7 nitrogen and oxygen atoms in total. The smallest absolute Gasteiger partial charge is 0.254 e. The van der Waals surface area contributed by atoms with Gasteiger partial charge in [-0.05, 0) is 37.1 Å². The van der Waals surface area contributed by atoms with Crippen molar-refractivity contribution in [1.82, 2.24) is 9.80 Å². The number of ether oxygens (including phenoxy) is 2. The number of hydrogen-bond acceptors (Lipinski definition) is 5. The van der Waals surface area contributed by atoms with Crippen molar-refractivity contribution in [3.05, 3.63) is 29.8 Å². The van der Waals surface area contributed by atoms with Crippen LogP contribution >= 0.6 is 0 Å². The molecule has 0 aromatic heterocycles. The summed E-state index contributed by atoms with van der Waals surface area (Å²) in [5, 5.41) is 0. The summed E-state index contributed by atoms with van der Waals surface area (Å²) in [6.07, 6.45) is 1.45. The molecular formula is C18H25N3O4. The summed E-state index contributed by atoms with van der Waals surface area (Å²) < 4.78 is 11.2. The average Bonchev–Trinajstić information content (AvgIpc) is 2.67. The van der Waals surface area contributed by atoms with Crippen molar-refractivity contribution in [3.8, 4) is 5.75 Å². The first-order valence-electron chi connectivity index (χ1n) is 8.62. The van der Waals surface area contributed by atoms with Gasteiger partial charge >= 0.3 is 0 Å². The van der Waals surface area contributed by atoms with E-state index in [1.165, 1.54) is 0 Å². The third-order valence-electron chi connectivity index (χ3n) is 5.07. The molecule has 0 bridgehead atoms. The van der Waals surface area contributed by atoms with Crippen LogP contribution in [0.3, 0.4) is 0 Å². The topological polar surface area (TPSA) is 85.1 Å². The number of benzene rings is 1. The van der Waals surface area contributed by atoms with E-state index in [2.05, 4.69) is 0 Å². The molecule has 2 heterocycles. The molecule has 2 fully saturated rings. The molecule has 25 heavy (non-hydrogen) atoms. The maximum Gasteiger partial charge on any atom is 0.254 e. The SMILES string of the molecule is COc1ccc(C(=O)N2CCOC3(CCN(C(=O)CN)CC3)C2)cc1. The summed E-state index contributed by atoms with van der Waals surface area (Å²) in [6.45, 7) is 2.95. The molecule has 0 saturated carbocycles. The minimum atomic E-state index is -0.355. The second-order valence-electron chi connectivity index (χ2n) is 6.57. The van der Waals surface area contributed by atoms with E-state index in [4.69, 9.17) is 15.2 Å². The highest BCUT2D eigenvalue weighted by Gasteiger charge is 2.41. The zero-order chi connectivity index (χ0) is 17.9. The monoisotopic (exact) mass is 347 g/mol. The second kappa shape index (κ2) is 7.41. The third kappa shape index (κ3) is 3.77. The van der Waals surface area contributed by atoms with Crippen molar-refractivity contribution in [2.24, 2.45) is 5.73 Å². The molecule has 2 aliphatic heterocycles. The van der Waals surface area contributed by atoms with Crippen LogP contribution in [0.25, 0.3) is 0 Å². The predicted molar refractivity (Wildman–Crippen MR) is 92.4 cm³/mol. The van der Waals surface area contributed by atoms with E-state index in [-0.39, 0.29) is 24.0 Å². The predicted octanol–water partition coefficient (Wildman–Crippen LogP) is 0.488. The molecule has 1 spiro atoms. The minimum Gasteiger partial charge on any atom is -0.497 e. The quantitative estimate of drug-likeness (QED) is 0.860. The standard InChI is InChI=1S/C18H25N3O4/c1-24-15-4-2-14(3-5-15)17(23)21-10-11-25-18(13-21)6-8-20(9-7-18)16(22)12-19/h2-5H,6-13,19H2,1H3. The Morgan fingerprint density at radius 1 is 1.16 bits per heavy atom. The van der Waals surface area contributed by atoms with Gasteiger partial charge < -0.3 is 25.0 Å². The number of nitrogens with zero attached hydrogens (tertiary/aromatic N) is 2. The van der Waals surface area contributed by atoms with Crippen molar-refractivity contribution in [3.63, 3.8) is 0 Å². The molecular weight excluding hydrogens is 322 g/mol. The number of methoxy groups -OCH3 is 1. The van der Waals surface area contributed by atoms with E-state index < -0.39 is 0 Å². The maximum atomic E-state index is 12.8. The van der Waals surface area contributed by atoms with Crippen molar-refractivity contribution >= 4 is 11.8 Å². The number of hydrogen-bond donors (Lipinski definition) is 1. The van der Waals surface area contributed by atoms with Crippen molar-refractivity contribution in [2.75, 3.05) is 46.4 Å². The average molecular weight is 347 g/mol. The summed E-state index contributed by atoms with van der Waals surface area (Å²) >= 11 is 0. The molecule has 136 valence electrons. The second-order valence-corrected chi connectivity index (χ2v) is 6.57. The van der Waals surface area contributed by atoms with Gasteiger partial charge in [-0.25, -0.2) is 0 Å². The fraction of sp³-hybridized carbons (Fsp3) is 0.556. The third-order valence-corrected chi connectivity index (χ3v) is 5.07. The van der Waals surface area contributed by atoms with Gasteiger partial charge in [-0.3, -0.25) is 9.59 Å². The van der Waals surface area contributed by atoms with Crippen LogP contribution in [0.5, 0.6) is 5.75 Å². The Bertz CT molecular complexity index is 624. The van der Waals surface area contributed by atoms with E-state index in [1.807, 2.05) is 4.90 Å². The molecule has 1 aromatic carbocycles. The van der Waals surface area contributed by atoms with Gasteiger partial charge in [0.25, 0.3) is 5.91 Å². The minimum absolute atomic E-state index is 0.00536. The van der Waals surface area contributed by atoms with Gasteiger partial charge in [0.2, 0.25) is 5.91 Å². The van der Waals surface area contributed by atoms with Crippen molar-refractivity contribution in [2.45, 2.75) is 18.4 Å². The van der Waals surface area contributed by atoms with E-state index in [1.54, 1.807) is 36.3 Å². The Labute approximate surface area is 147 Å². The number of rotatable bonds is 3. The normalized spacial score (nSPS) is 19.8. The number of likely N-dealkylation sites (tertiary alicyclic amines) is 1. The van der Waals surface area contributed by atoms with Crippen LogP contribution in [-0.2, 0) is 9.53 Å². The van der Waals surface area contributed by atoms with Gasteiger partial charge in [0, 0.05) is 25.2 Å². The number of nitrogens with two attached hydrogens (primary N) is 1. The van der Waals surface area contributed by atoms with Gasteiger partial charge in [0.15, 0.2) is 0 Å². The van der Waals surface area contributed by atoms with Gasteiger partial charge in [-0.2, -0.15) is 0 Å². The van der Waals surface area contributed by atoms with E-state index in [9.17, 15) is 9.59 Å². The molecule has 2 amide bonds. The van der Waals surface area contributed by atoms with Crippen molar-refractivity contribution < 1.29 is 19.1 Å². The Hall–Kier alpha value is -2.12. The molecule has 2 saturated heterocycles. The number of carbonyl (C=O) groups is 2. The summed E-state index contributed by atoms with van der Waals surface area (Å²) in [4.78, 5) is 28.2. The van der Waals surface area contributed by atoms with Gasteiger partial charge in [-0.15, -0.1) is 0 Å². The van der Waals surface area contributed by atoms with Crippen LogP contribution in [0.2, 0.25) is 0 Å². The molecule has 1 aromatic rings. The maximum absolute atomic E-state index is 12.8. The first-order chi connectivity index (χ1) is 12.1. The summed E-state index contributed by atoms with van der Waals surface area (Å²) in [7, 11) is 1.60. The van der Waals surface area contributed by atoms with Gasteiger partial charge in [0.1, 0.15) is 5.75 Å². The summed E-state index contributed by atoms with van der Waals surface area (Å²) in [5.74, 6) is 0.703. The van der Waals surface area contributed by atoms with E-state index in [0.717, 1.165) is 18.6 Å². The summed E-state index contributed by atoms with van der Waals surface area (Å²) in [5.41, 5.74) is 5.73. The van der Waals surface area contributed by atoms with Crippen LogP contribution < -0.4 is 10.5 Å². The van der Waals surface area contributed by atoms with Gasteiger partial charge in [-0.1, -0.05) is 0 Å². The Morgan fingerprint density at radius 3 is 2.44 bits per heavy atom. The van der Waals surface area contributed by atoms with Crippen molar-refractivity contribution in [1.29, 1.82) is 0 Å². The molecule has 0 radical (unpaired) electrons. The highest BCUT2D eigenvalue weighted by molar-refractivity contribution is 5.94. The van der Waals surface area contributed by atoms with Gasteiger partial charge in [0.05, 0.1) is 32.4 Å². The Balaban J connectivity index is 1.64. The fourth-order valence-electron chi connectivity index (χ4n) is 3.53. The molecule has 3 rings (SSSR count). The van der Waals surface area contributed by atoms with E-state index >= 15 is 0 Å². The lowest BCUT2D eigenvalue weighted by Crippen LogP contribution is -2.59. The largest absolute Gasteiger partial charge is 0.497 e. The molecule has 0 aliphatic carbocycles. The number of morpholine rings is 1. The molecule has 2 aliphatic rings. The van der Waals surface area contributed by atoms with Crippen LogP contribution in [0.1, 0.15) is 23.2 Å². The molecule has 0 unspecified atom stereocenters. The lowest BCUT2D eigenvalue weighted by Gasteiger charge is -2.47. The highest BCUT2D eigenvalue weighted by Crippen LogP contribution is 2.31. The number of carbonyl (C=O) groups excluding carboxylic acids is 2. The van der Waals surface area contributed by atoms with Crippen LogP contribution in [0.4, 0.5) is 0 Å². The molecule has 7 heteroatoms. The summed E-state index contributed by atoms with van der Waals surface area (Å²) in [6, 6.07) is 7.15. The first kappa shape index (κ1) is 17.7. The molecule has 0 atom stereocenters. The Kier molecular flexibility index (Phi) is 5.24. The zero-order valence-electron chi connectivity index (χ0n) is 14.6. The molecule has 2 N–H and O–H groups in total. The van der Waals surface area contributed by atoms with Crippen LogP contribution in [0, 0.1) is 0 Å². The number of amides is 2. The number of piperidine rings is 1. The lowest BCUT2D eigenvalue weighted by molar-refractivity contribution is -0.145. The Morgan fingerprint density at radius 2 is 1.84 bits per heavy atom. The van der Waals surface area contributed by atoms with E-state index in [0.29, 0.717) is 38.3 Å². The van der Waals surface area contributed by atoms with Crippen LogP contribution in [0.15, 0.2) is 24.3 Å².